The number of unbranched alkanes of at least 4 members (excludes halogenated alkanes) is 2. The number of likely N-dealkylation sites (tertiary alicyclic amines) is 1. The number of β-amino-alcohol motifs (C(OH)–C–C–N with tert-alkyl or cyclic N) is 1. The second kappa shape index (κ2) is 7.88. The third kappa shape index (κ3) is 4.79. The van der Waals surface area contributed by atoms with E-state index in [0.717, 1.165) is 25.8 Å². The molecule has 0 aromatic rings. The largest absolute Gasteiger partial charge is 0.391 e. The van der Waals surface area contributed by atoms with Gasteiger partial charge in [0.25, 0.3) is 0 Å². The number of nitrogens with zero attached hydrogens (tertiary/aromatic N) is 1. The average molecular weight is 269 g/mol. The highest BCUT2D eigenvalue weighted by Crippen LogP contribution is 2.25. The predicted octanol–water partition coefficient (Wildman–Crippen LogP) is 3.07. The number of rotatable bonds is 6. The van der Waals surface area contributed by atoms with Crippen LogP contribution in [0.3, 0.4) is 0 Å². The minimum absolute atomic E-state index is 0.132. The van der Waals surface area contributed by atoms with E-state index in [1.807, 2.05) is 4.90 Å². The van der Waals surface area contributed by atoms with Gasteiger partial charge in [-0.25, -0.2) is 0 Å². The molecule has 19 heavy (non-hydrogen) atoms. The molecular weight excluding hydrogens is 238 g/mol. The van der Waals surface area contributed by atoms with Crippen molar-refractivity contribution < 1.29 is 9.90 Å². The molecule has 1 rings (SSSR count). The van der Waals surface area contributed by atoms with Crippen LogP contribution in [-0.2, 0) is 4.79 Å². The van der Waals surface area contributed by atoms with Gasteiger partial charge in [0.2, 0.25) is 5.91 Å². The van der Waals surface area contributed by atoms with Crippen molar-refractivity contribution in [3.8, 4) is 0 Å². The van der Waals surface area contributed by atoms with Crippen LogP contribution in [0.25, 0.3) is 0 Å². The molecule has 3 heteroatoms. The first-order chi connectivity index (χ1) is 8.97. The van der Waals surface area contributed by atoms with Crippen LogP contribution in [0.5, 0.6) is 0 Å². The second-order valence-electron chi connectivity index (χ2n) is 6.46. The molecule has 0 bridgehead atoms. The summed E-state index contributed by atoms with van der Waals surface area (Å²) in [6.45, 7) is 9.86. The van der Waals surface area contributed by atoms with Gasteiger partial charge in [-0.15, -0.1) is 0 Å². The quantitative estimate of drug-likeness (QED) is 0.753. The molecule has 0 saturated carbocycles. The van der Waals surface area contributed by atoms with E-state index < -0.39 is 0 Å². The summed E-state index contributed by atoms with van der Waals surface area (Å²) in [7, 11) is 0. The Labute approximate surface area is 118 Å². The van der Waals surface area contributed by atoms with Crippen LogP contribution >= 0.6 is 0 Å². The maximum atomic E-state index is 12.6. The minimum atomic E-state index is -0.346. The summed E-state index contributed by atoms with van der Waals surface area (Å²) in [6, 6.07) is 0. The van der Waals surface area contributed by atoms with Crippen LogP contribution in [0.1, 0.15) is 59.8 Å². The first-order valence-corrected chi connectivity index (χ1v) is 7.94. The lowest BCUT2D eigenvalue weighted by molar-refractivity contribution is -0.141. The van der Waals surface area contributed by atoms with Gasteiger partial charge in [-0.1, -0.05) is 47.0 Å². The van der Waals surface area contributed by atoms with Gasteiger partial charge < -0.3 is 10.0 Å². The summed E-state index contributed by atoms with van der Waals surface area (Å²) < 4.78 is 0. The molecular formula is C16H31NO2. The Bertz CT molecular complexity index is 278. The van der Waals surface area contributed by atoms with Crippen molar-refractivity contribution in [1.82, 2.24) is 4.90 Å². The first kappa shape index (κ1) is 16.5. The maximum absolute atomic E-state index is 12.6. The number of aliphatic hydroxyl groups is 1. The van der Waals surface area contributed by atoms with Gasteiger partial charge in [-0.3, -0.25) is 4.79 Å². The van der Waals surface area contributed by atoms with Crippen LogP contribution < -0.4 is 0 Å². The Hall–Kier alpha value is -0.570. The van der Waals surface area contributed by atoms with E-state index in [0.29, 0.717) is 18.4 Å². The summed E-state index contributed by atoms with van der Waals surface area (Å²) in [5.74, 6) is 1.10. The van der Waals surface area contributed by atoms with Crippen molar-refractivity contribution in [1.29, 1.82) is 0 Å². The van der Waals surface area contributed by atoms with E-state index in [2.05, 4.69) is 27.7 Å². The zero-order valence-corrected chi connectivity index (χ0v) is 13.1. The van der Waals surface area contributed by atoms with Gasteiger partial charge in [0, 0.05) is 19.0 Å². The third-order valence-corrected chi connectivity index (χ3v) is 4.47. The zero-order valence-electron chi connectivity index (χ0n) is 13.1. The van der Waals surface area contributed by atoms with E-state index in [4.69, 9.17) is 0 Å². The number of aliphatic hydroxyl groups excluding tert-OH is 1. The average Bonchev–Trinajstić information content (AvgIpc) is 2.37. The number of piperidine rings is 1. The predicted molar refractivity (Wildman–Crippen MR) is 78.8 cm³/mol. The normalized spacial score (nSPS) is 25.7. The van der Waals surface area contributed by atoms with E-state index in [-0.39, 0.29) is 17.9 Å². The lowest BCUT2D eigenvalue weighted by Crippen LogP contribution is -2.48. The van der Waals surface area contributed by atoms with Gasteiger partial charge >= 0.3 is 0 Å². The van der Waals surface area contributed by atoms with Gasteiger partial charge in [-0.05, 0) is 24.7 Å². The molecule has 3 atom stereocenters. The number of hydrogen-bond acceptors (Lipinski definition) is 2. The molecule has 3 unspecified atom stereocenters. The fourth-order valence-corrected chi connectivity index (χ4v) is 2.84. The molecule has 1 N–H and O–H groups in total. The first-order valence-electron chi connectivity index (χ1n) is 7.94. The Morgan fingerprint density at radius 2 is 2.05 bits per heavy atom. The standard InChI is InChI=1S/C16H31NO2/c1-5-6-7-8-14(12(2)3)16(19)17-10-9-13(4)15(18)11-17/h12-15,18H,5-11H2,1-4H3. The summed E-state index contributed by atoms with van der Waals surface area (Å²) >= 11 is 0. The molecule has 1 amide bonds. The molecule has 0 aromatic carbocycles. The van der Waals surface area contributed by atoms with Crippen LogP contribution in [0.15, 0.2) is 0 Å². The topological polar surface area (TPSA) is 40.5 Å². The fraction of sp³-hybridized carbons (Fsp3) is 0.938. The summed E-state index contributed by atoms with van der Waals surface area (Å²) in [5.41, 5.74) is 0. The smallest absolute Gasteiger partial charge is 0.226 e. The van der Waals surface area contributed by atoms with Gasteiger partial charge in [0.15, 0.2) is 0 Å². The maximum Gasteiger partial charge on any atom is 0.226 e. The number of amides is 1. The molecule has 112 valence electrons. The van der Waals surface area contributed by atoms with E-state index in [9.17, 15) is 9.90 Å². The molecule has 0 radical (unpaired) electrons. The number of hydrogen-bond donors (Lipinski definition) is 1. The highest BCUT2D eigenvalue weighted by atomic mass is 16.3. The Kier molecular flexibility index (Phi) is 6.84. The van der Waals surface area contributed by atoms with Crippen LogP contribution in [-0.4, -0.2) is 35.1 Å². The second-order valence-corrected chi connectivity index (χ2v) is 6.46. The fourth-order valence-electron chi connectivity index (χ4n) is 2.84. The minimum Gasteiger partial charge on any atom is -0.391 e. The molecule has 3 nitrogen and oxygen atoms in total. The zero-order chi connectivity index (χ0) is 14.4. The van der Waals surface area contributed by atoms with Crippen molar-refractivity contribution in [2.24, 2.45) is 17.8 Å². The molecule has 0 aromatic heterocycles. The van der Waals surface area contributed by atoms with Crippen molar-refractivity contribution in [3.05, 3.63) is 0 Å². The Balaban J connectivity index is 2.56. The summed E-state index contributed by atoms with van der Waals surface area (Å²) in [6.07, 6.45) is 5.10. The van der Waals surface area contributed by atoms with E-state index in [1.165, 1.54) is 12.8 Å². The molecule has 1 heterocycles. The SMILES string of the molecule is CCCCCC(C(=O)N1CCC(C)C(O)C1)C(C)C. The summed E-state index contributed by atoms with van der Waals surface area (Å²) in [4.78, 5) is 14.5. The highest BCUT2D eigenvalue weighted by molar-refractivity contribution is 5.79. The van der Waals surface area contributed by atoms with Gasteiger partial charge in [0.05, 0.1) is 6.10 Å². The monoisotopic (exact) mass is 269 g/mol. The molecule has 0 spiro atoms. The molecule has 1 fully saturated rings. The van der Waals surface area contributed by atoms with Crippen molar-refractivity contribution >= 4 is 5.91 Å². The third-order valence-electron chi connectivity index (χ3n) is 4.47. The van der Waals surface area contributed by atoms with Crippen molar-refractivity contribution in [2.75, 3.05) is 13.1 Å². The highest BCUT2D eigenvalue weighted by Gasteiger charge is 2.32. The Morgan fingerprint density at radius 3 is 2.58 bits per heavy atom. The lowest BCUT2D eigenvalue weighted by Gasteiger charge is -2.37. The number of carbonyl (C=O) groups is 1. The van der Waals surface area contributed by atoms with Crippen LogP contribution in [0, 0.1) is 17.8 Å². The molecule has 1 aliphatic heterocycles. The number of carbonyl (C=O) groups excluding carboxylic acids is 1. The van der Waals surface area contributed by atoms with Crippen LogP contribution in [0.2, 0.25) is 0 Å². The van der Waals surface area contributed by atoms with Crippen molar-refractivity contribution in [3.63, 3.8) is 0 Å². The molecule has 0 aliphatic carbocycles. The van der Waals surface area contributed by atoms with Crippen LogP contribution in [0.4, 0.5) is 0 Å². The van der Waals surface area contributed by atoms with E-state index >= 15 is 0 Å². The van der Waals surface area contributed by atoms with Gasteiger partial charge in [0.1, 0.15) is 0 Å². The van der Waals surface area contributed by atoms with Crippen molar-refractivity contribution in [2.45, 2.75) is 65.9 Å². The molecule has 1 saturated heterocycles. The Morgan fingerprint density at radius 1 is 1.37 bits per heavy atom. The van der Waals surface area contributed by atoms with Gasteiger partial charge in [-0.2, -0.15) is 0 Å². The lowest BCUT2D eigenvalue weighted by atomic mass is 9.87. The molecule has 1 aliphatic rings. The van der Waals surface area contributed by atoms with E-state index in [1.54, 1.807) is 0 Å². The summed E-state index contributed by atoms with van der Waals surface area (Å²) in [5, 5.41) is 9.94.